The zero-order chi connectivity index (χ0) is 25.7. The third-order valence-electron chi connectivity index (χ3n) is 6.03. The SMILES string of the molecule is Cc1ccc(Cn2cc(C=NNC(=O)C(NC(=O)c3ccccc3Cl)C(C)C)c3ccccc32)cc1. The average Bonchev–Trinajstić information content (AvgIpc) is 3.21. The lowest BCUT2D eigenvalue weighted by atomic mass is 10.0. The normalized spacial score (nSPS) is 12.2. The first kappa shape index (κ1) is 25.2. The highest BCUT2D eigenvalue weighted by atomic mass is 35.5. The minimum Gasteiger partial charge on any atom is -0.342 e. The van der Waals surface area contributed by atoms with Crippen LogP contribution in [0, 0.1) is 12.8 Å². The van der Waals surface area contributed by atoms with Crippen LogP contribution in [0.1, 0.15) is 40.9 Å². The van der Waals surface area contributed by atoms with Crippen LogP contribution in [0.15, 0.2) is 84.1 Å². The maximum Gasteiger partial charge on any atom is 0.262 e. The summed E-state index contributed by atoms with van der Waals surface area (Å²) in [5, 5.41) is 8.35. The lowest BCUT2D eigenvalue weighted by molar-refractivity contribution is -0.123. The standard InChI is InChI=1S/C29H29ClN4O2/c1-19(2)27(32-28(35)24-9-4-6-10-25(24)30)29(36)33-31-16-22-18-34(26-11-7-5-8-23(22)26)17-21-14-12-20(3)13-15-21/h4-16,18-19,27H,17H2,1-3H3,(H,32,35)(H,33,36). The molecule has 0 aliphatic carbocycles. The van der Waals surface area contributed by atoms with Crippen LogP contribution in [-0.2, 0) is 11.3 Å². The smallest absolute Gasteiger partial charge is 0.262 e. The Morgan fingerprint density at radius 3 is 2.42 bits per heavy atom. The number of aryl methyl sites for hydroxylation is 1. The number of aromatic nitrogens is 1. The third kappa shape index (κ3) is 5.83. The summed E-state index contributed by atoms with van der Waals surface area (Å²) in [6.45, 7) is 6.52. The van der Waals surface area contributed by atoms with Crippen molar-refractivity contribution in [3.05, 3.63) is 106 Å². The molecule has 0 saturated carbocycles. The number of rotatable bonds is 8. The van der Waals surface area contributed by atoms with Crippen molar-refractivity contribution in [3.8, 4) is 0 Å². The number of hydrogen-bond donors (Lipinski definition) is 2. The molecule has 6 nitrogen and oxygen atoms in total. The second kappa shape index (κ2) is 11.2. The van der Waals surface area contributed by atoms with Gasteiger partial charge in [-0.2, -0.15) is 5.10 Å². The van der Waals surface area contributed by atoms with Gasteiger partial charge in [0.1, 0.15) is 6.04 Å². The molecule has 0 radical (unpaired) electrons. The summed E-state index contributed by atoms with van der Waals surface area (Å²) >= 11 is 6.13. The fraction of sp³-hybridized carbons (Fsp3) is 0.207. The van der Waals surface area contributed by atoms with Gasteiger partial charge in [0.25, 0.3) is 11.8 Å². The van der Waals surface area contributed by atoms with E-state index in [1.165, 1.54) is 11.1 Å². The van der Waals surface area contributed by atoms with Crippen LogP contribution in [0.25, 0.3) is 10.9 Å². The monoisotopic (exact) mass is 500 g/mol. The zero-order valence-electron chi connectivity index (χ0n) is 20.5. The minimum atomic E-state index is -0.770. The molecule has 4 rings (SSSR count). The fourth-order valence-corrected chi connectivity index (χ4v) is 4.25. The summed E-state index contributed by atoms with van der Waals surface area (Å²) in [4.78, 5) is 25.6. The molecule has 0 aliphatic heterocycles. The highest BCUT2D eigenvalue weighted by Gasteiger charge is 2.25. The number of carbonyl (C=O) groups excluding carboxylic acids is 2. The Bertz CT molecular complexity index is 1410. The lowest BCUT2D eigenvalue weighted by Gasteiger charge is -2.20. The topological polar surface area (TPSA) is 75.5 Å². The molecular weight excluding hydrogens is 472 g/mol. The van der Waals surface area contributed by atoms with E-state index in [0.29, 0.717) is 10.6 Å². The van der Waals surface area contributed by atoms with Crippen molar-refractivity contribution in [2.45, 2.75) is 33.4 Å². The summed E-state index contributed by atoms with van der Waals surface area (Å²) in [7, 11) is 0. The van der Waals surface area contributed by atoms with Gasteiger partial charge in [-0.3, -0.25) is 9.59 Å². The molecule has 1 atom stereocenters. The second-order valence-corrected chi connectivity index (χ2v) is 9.53. The largest absolute Gasteiger partial charge is 0.342 e. The lowest BCUT2D eigenvalue weighted by Crippen LogP contribution is -2.48. The van der Waals surface area contributed by atoms with Crippen LogP contribution >= 0.6 is 11.6 Å². The highest BCUT2D eigenvalue weighted by molar-refractivity contribution is 6.33. The number of nitrogens with zero attached hydrogens (tertiary/aromatic N) is 2. The molecule has 0 fully saturated rings. The van der Waals surface area contributed by atoms with Crippen molar-refractivity contribution in [3.63, 3.8) is 0 Å². The molecule has 0 bridgehead atoms. The molecule has 36 heavy (non-hydrogen) atoms. The third-order valence-corrected chi connectivity index (χ3v) is 6.36. The van der Waals surface area contributed by atoms with E-state index in [-0.39, 0.29) is 5.92 Å². The van der Waals surface area contributed by atoms with E-state index in [1.807, 2.05) is 38.2 Å². The van der Waals surface area contributed by atoms with E-state index in [9.17, 15) is 9.59 Å². The minimum absolute atomic E-state index is 0.150. The first-order valence-corrected chi connectivity index (χ1v) is 12.2. The van der Waals surface area contributed by atoms with Crippen LogP contribution in [-0.4, -0.2) is 28.6 Å². The number of nitrogens with one attached hydrogen (secondary N) is 2. The van der Waals surface area contributed by atoms with Gasteiger partial charge in [0.15, 0.2) is 0 Å². The van der Waals surface area contributed by atoms with Crippen molar-refractivity contribution in [1.29, 1.82) is 0 Å². The van der Waals surface area contributed by atoms with Gasteiger partial charge in [0.2, 0.25) is 0 Å². The Morgan fingerprint density at radius 2 is 1.69 bits per heavy atom. The van der Waals surface area contributed by atoms with Crippen LogP contribution in [0.5, 0.6) is 0 Å². The van der Waals surface area contributed by atoms with Gasteiger partial charge in [-0.1, -0.05) is 85.6 Å². The van der Waals surface area contributed by atoms with Gasteiger partial charge in [0.05, 0.1) is 16.8 Å². The van der Waals surface area contributed by atoms with Crippen molar-refractivity contribution in [2.24, 2.45) is 11.0 Å². The summed E-state index contributed by atoms with van der Waals surface area (Å²) in [5.41, 5.74) is 7.30. The number of carbonyl (C=O) groups is 2. The number of fused-ring (bicyclic) bond motifs is 1. The molecule has 2 amide bonds. The van der Waals surface area contributed by atoms with E-state index in [4.69, 9.17) is 11.6 Å². The van der Waals surface area contributed by atoms with E-state index in [2.05, 4.69) is 57.7 Å². The number of para-hydroxylation sites is 1. The summed E-state index contributed by atoms with van der Waals surface area (Å²) in [6, 6.07) is 22.5. The van der Waals surface area contributed by atoms with Gasteiger partial charge >= 0.3 is 0 Å². The number of hydrogen-bond acceptors (Lipinski definition) is 3. The molecule has 3 aromatic carbocycles. The van der Waals surface area contributed by atoms with Gasteiger partial charge in [-0.25, -0.2) is 5.43 Å². The molecule has 0 saturated heterocycles. The molecule has 4 aromatic rings. The number of benzene rings is 3. The first-order valence-electron chi connectivity index (χ1n) is 11.8. The fourth-order valence-electron chi connectivity index (χ4n) is 4.03. The maximum absolute atomic E-state index is 12.9. The Morgan fingerprint density at radius 1 is 1.00 bits per heavy atom. The quantitative estimate of drug-likeness (QED) is 0.245. The van der Waals surface area contributed by atoms with Gasteiger partial charge < -0.3 is 9.88 Å². The van der Waals surface area contributed by atoms with Gasteiger partial charge in [-0.15, -0.1) is 0 Å². The second-order valence-electron chi connectivity index (χ2n) is 9.12. The highest BCUT2D eigenvalue weighted by Crippen LogP contribution is 2.21. The van der Waals surface area contributed by atoms with Crippen molar-refractivity contribution >= 4 is 40.5 Å². The number of halogens is 1. The van der Waals surface area contributed by atoms with Crippen LogP contribution < -0.4 is 10.7 Å². The van der Waals surface area contributed by atoms with Crippen molar-refractivity contribution < 1.29 is 9.59 Å². The molecular formula is C29H29ClN4O2. The maximum atomic E-state index is 12.9. The molecule has 0 aliphatic rings. The van der Waals surface area contributed by atoms with Gasteiger partial charge in [-0.05, 0) is 36.6 Å². The van der Waals surface area contributed by atoms with E-state index >= 15 is 0 Å². The molecule has 1 heterocycles. The Balaban J connectivity index is 1.49. The molecule has 1 aromatic heterocycles. The first-order chi connectivity index (χ1) is 17.3. The Hall–Kier alpha value is -3.90. The molecule has 1 unspecified atom stereocenters. The molecule has 7 heteroatoms. The Kier molecular flexibility index (Phi) is 7.86. The van der Waals surface area contributed by atoms with E-state index in [0.717, 1.165) is 23.0 Å². The molecule has 2 N–H and O–H groups in total. The van der Waals surface area contributed by atoms with Crippen LogP contribution in [0.2, 0.25) is 5.02 Å². The average molecular weight is 501 g/mol. The number of hydrazone groups is 1. The van der Waals surface area contributed by atoms with Crippen LogP contribution in [0.4, 0.5) is 0 Å². The number of amides is 2. The van der Waals surface area contributed by atoms with Crippen molar-refractivity contribution in [2.75, 3.05) is 0 Å². The zero-order valence-corrected chi connectivity index (χ0v) is 21.3. The summed E-state index contributed by atoms with van der Waals surface area (Å²) < 4.78 is 2.17. The predicted octanol–water partition coefficient (Wildman–Crippen LogP) is 5.56. The van der Waals surface area contributed by atoms with Crippen molar-refractivity contribution in [1.82, 2.24) is 15.3 Å². The molecule has 184 valence electrons. The Labute approximate surface area is 216 Å². The van der Waals surface area contributed by atoms with E-state index in [1.54, 1.807) is 30.5 Å². The summed E-state index contributed by atoms with van der Waals surface area (Å²) in [5.74, 6) is -0.953. The molecule has 0 spiro atoms. The summed E-state index contributed by atoms with van der Waals surface area (Å²) in [6.07, 6.45) is 3.67. The van der Waals surface area contributed by atoms with E-state index < -0.39 is 17.9 Å². The van der Waals surface area contributed by atoms with Gasteiger partial charge in [0, 0.05) is 29.2 Å². The predicted molar refractivity (Wildman–Crippen MR) is 145 cm³/mol. The van der Waals surface area contributed by atoms with Crippen LogP contribution in [0.3, 0.4) is 0 Å².